The molecule has 2 heterocycles. The van der Waals surface area contributed by atoms with Gasteiger partial charge in [-0.25, -0.2) is 4.98 Å². The summed E-state index contributed by atoms with van der Waals surface area (Å²) in [5.41, 5.74) is 5.64. The summed E-state index contributed by atoms with van der Waals surface area (Å²) >= 11 is 0. The molecule has 0 atom stereocenters. The zero-order chi connectivity index (χ0) is 15.6. The van der Waals surface area contributed by atoms with E-state index in [-0.39, 0.29) is 0 Å². The second-order valence-corrected chi connectivity index (χ2v) is 5.19. The average molecular weight is 302 g/mol. The molecule has 4 rings (SSSR count). The van der Waals surface area contributed by atoms with Gasteiger partial charge >= 0.3 is 0 Å². The third-order valence-corrected chi connectivity index (χ3v) is 3.63. The van der Waals surface area contributed by atoms with E-state index >= 15 is 0 Å². The van der Waals surface area contributed by atoms with Gasteiger partial charge in [-0.1, -0.05) is 36.4 Å². The Balaban J connectivity index is 1.67. The number of aromatic amines is 1. The highest BCUT2D eigenvalue weighted by Crippen LogP contribution is 2.19. The zero-order valence-corrected chi connectivity index (χ0v) is 12.5. The van der Waals surface area contributed by atoms with Crippen molar-refractivity contribution in [3.8, 4) is 0 Å². The van der Waals surface area contributed by atoms with Gasteiger partial charge in [-0.05, 0) is 19.1 Å². The van der Waals surface area contributed by atoms with Crippen LogP contribution in [-0.4, -0.2) is 25.9 Å². The fourth-order valence-corrected chi connectivity index (χ4v) is 2.42. The van der Waals surface area contributed by atoms with E-state index < -0.39 is 0 Å². The third-order valence-electron chi connectivity index (χ3n) is 3.63. The Labute approximate surface area is 132 Å². The lowest BCUT2D eigenvalue weighted by Gasteiger charge is -2.04. The van der Waals surface area contributed by atoms with Crippen LogP contribution in [-0.2, 0) is 0 Å². The lowest BCUT2D eigenvalue weighted by molar-refractivity contribution is 1.04. The van der Waals surface area contributed by atoms with Gasteiger partial charge in [0.15, 0.2) is 11.6 Å². The van der Waals surface area contributed by atoms with E-state index in [9.17, 15) is 0 Å². The third kappa shape index (κ3) is 2.50. The topological polar surface area (TPSA) is 78.8 Å². The molecule has 2 N–H and O–H groups in total. The molecule has 112 valence electrons. The SMILES string of the molecule is C/C(=N\Nc1nncc2ccccc12)c1nc2ccccc2[nH]1. The number of nitrogens with zero attached hydrogens (tertiary/aromatic N) is 4. The Morgan fingerprint density at radius 2 is 1.91 bits per heavy atom. The molecule has 0 saturated heterocycles. The first-order chi connectivity index (χ1) is 11.3. The van der Waals surface area contributed by atoms with Crippen molar-refractivity contribution < 1.29 is 0 Å². The van der Waals surface area contributed by atoms with Crippen LogP contribution in [0.3, 0.4) is 0 Å². The molecule has 6 nitrogen and oxygen atoms in total. The molecule has 4 aromatic rings. The van der Waals surface area contributed by atoms with Gasteiger partial charge in [0.1, 0.15) is 5.71 Å². The Hall–Kier alpha value is -3.28. The Morgan fingerprint density at radius 3 is 2.83 bits per heavy atom. The van der Waals surface area contributed by atoms with Crippen LogP contribution in [0.5, 0.6) is 0 Å². The van der Waals surface area contributed by atoms with Gasteiger partial charge < -0.3 is 4.98 Å². The van der Waals surface area contributed by atoms with Crippen molar-refractivity contribution in [2.75, 3.05) is 5.43 Å². The molecule has 0 saturated carbocycles. The van der Waals surface area contributed by atoms with E-state index in [0.717, 1.165) is 33.3 Å². The summed E-state index contributed by atoms with van der Waals surface area (Å²) < 4.78 is 0. The van der Waals surface area contributed by atoms with Crippen LogP contribution in [0.1, 0.15) is 12.7 Å². The zero-order valence-electron chi connectivity index (χ0n) is 12.5. The number of H-pyrrole nitrogens is 1. The molecule has 23 heavy (non-hydrogen) atoms. The van der Waals surface area contributed by atoms with Gasteiger partial charge in [-0.15, -0.1) is 5.10 Å². The highest BCUT2D eigenvalue weighted by atomic mass is 15.3. The highest BCUT2D eigenvalue weighted by Gasteiger charge is 2.06. The molecular weight excluding hydrogens is 288 g/mol. The predicted octanol–water partition coefficient (Wildman–Crippen LogP) is 3.34. The first kappa shape index (κ1) is 13.4. The number of hydrazone groups is 1. The van der Waals surface area contributed by atoms with Crippen molar-refractivity contribution >= 4 is 33.3 Å². The Morgan fingerprint density at radius 1 is 1.09 bits per heavy atom. The van der Waals surface area contributed by atoms with Gasteiger partial charge in [0.2, 0.25) is 0 Å². The second-order valence-electron chi connectivity index (χ2n) is 5.19. The number of hydrogen-bond donors (Lipinski definition) is 2. The maximum absolute atomic E-state index is 4.52. The molecule has 2 aromatic heterocycles. The molecule has 2 aromatic carbocycles. The first-order valence-electron chi connectivity index (χ1n) is 7.27. The van der Waals surface area contributed by atoms with Gasteiger partial charge in [-0.2, -0.15) is 10.2 Å². The number of nitrogens with one attached hydrogen (secondary N) is 2. The van der Waals surface area contributed by atoms with Crippen molar-refractivity contribution in [2.45, 2.75) is 6.92 Å². The van der Waals surface area contributed by atoms with Gasteiger partial charge in [0.05, 0.1) is 17.2 Å². The summed E-state index contributed by atoms with van der Waals surface area (Å²) in [6.45, 7) is 1.89. The van der Waals surface area contributed by atoms with Gasteiger partial charge in [0.25, 0.3) is 0 Å². The van der Waals surface area contributed by atoms with Crippen LogP contribution >= 0.6 is 0 Å². The molecule has 0 fully saturated rings. The summed E-state index contributed by atoms with van der Waals surface area (Å²) in [5.74, 6) is 1.35. The fraction of sp³-hybridized carbons (Fsp3) is 0.0588. The van der Waals surface area contributed by atoms with E-state index in [0.29, 0.717) is 5.82 Å². The second kappa shape index (κ2) is 5.49. The van der Waals surface area contributed by atoms with Crippen molar-refractivity contribution in [3.05, 3.63) is 60.6 Å². The quantitative estimate of drug-likeness (QED) is 0.449. The normalized spacial score (nSPS) is 12.0. The molecule has 0 bridgehead atoms. The van der Waals surface area contributed by atoms with E-state index in [1.54, 1.807) is 6.20 Å². The van der Waals surface area contributed by atoms with Gasteiger partial charge in [-0.3, -0.25) is 5.43 Å². The molecule has 0 aliphatic rings. The number of para-hydroxylation sites is 2. The molecule has 6 heteroatoms. The van der Waals surface area contributed by atoms with Crippen LogP contribution in [0, 0.1) is 0 Å². The Bertz CT molecular complexity index is 979. The van der Waals surface area contributed by atoms with Crippen molar-refractivity contribution in [3.63, 3.8) is 0 Å². The number of benzene rings is 2. The predicted molar refractivity (Wildman–Crippen MR) is 91.5 cm³/mol. The minimum atomic E-state index is 0.624. The smallest absolute Gasteiger partial charge is 0.176 e. The van der Waals surface area contributed by atoms with E-state index in [2.05, 4.69) is 30.7 Å². The highest BCUT2D eigenvalue weighted by molar-refractivity contribution is 5.99. The number of aromatic nitrogens is 4. The molecule has 0 amide bonds. The minimum absolute atomic E-state index is 0.624. The average Bonchev–Trinajstić information content (AvgIpc) is 3.04. The van der Waals surface area contributed by atoms with Crippen molar-refractivity contribution in [1.29, 1.82) is 0 Å². The Kier molecular flexibility index (Phi) is 3.20. The number of fused-ring (bicyclic) bond motifs is 2. The van der Waals surface area contributed by atoms with Crippen LogP contribution in [0.2, 0.25) is 0 Å². The van der Waals surface area contributed by atoms with E-state index in [4.69, 9.17) is 0 Å². The van der Waals surface area contributed by atoms with E-state index in [1.165, 1.54) is 0 Å². The number of anilines is 1. The van der Waals surface area contributed by atoms with Crippen LogP contribution in [0.15, 0.2) is 59.8 Å². The molecule has 0 aliphatic carbocycles. The number of hydrogen-bond acceptors (Lipinski definition) is 5. The number of imidazole rings is 1. The molecule has 0 unspecified atom stereocenters. The molecule has 0 radical (unpaired) electrons. The van der Waals surface area contributed by atoms with Gasteiger partial charge in [0, 0.05) is 10.8 Å². The largest absolute Gasteiger partial charge is 0.337 e. The summed E-state index contributed by atoms with van der Waals surface area (Å²) in [4.78, 5) is 7.78. The standard InChI is InChI=1S/C17H14N6/c1-11(16-19-14-8-4-5-9-15(14)20-16)21-23-17-13-7-3-2-6-12(13)10-18-22-17/h2-10H,1H3,(H,19,20)(H,22,23)/b21-11+. The maximum atomic E-state index is 4.52. The monoisotopic (exact) mass is 302 g/mol. The number of rotatable bonds is 3. The molecule has 0 aliphatic heterocycles. The summed E-state index contributed by atoms with van der Waals surface area (Å²) in [6.07, 6.45) is 1.73. The lowest BCUT2D eigenvalue weighted by Crippen LogP contribution is -2.03. The van der Waals surface area contributed by atoms with Crippen molar-refractivity contribution in [2.24, 2.45) is 5.10 Å². The molecule has 0 spiro atoms. The molecular formula is C17H14N6. The minimum Gasteiger partial charge on any atom is -0.337 e. The van der Waals surface area contributed by atoms with Crippen LogP contribution < -0.4 is 5.43 Å². The van der Waals surface area contributed by atoms with Crippen LogP contribution in [0.25, 0.3) is 21.8 Å². The van der Waals surface area contributed by atoms with Crippen molar-refractivity contribution in [1.82, 2.24) is 20.2 Å². The first-order valence-corrected chi connectivity index (χ1v) is 7.27. The maximum Gasteiger partial charge on any atom is 0.176 e. The summed E-state index contributed by atoms with van der Waals surface area (Å²) in [5, 5.41) is 14.5. The van der Waals surface area contributed by atoms with Crippen LogP contribution in [0.4, 0.5) is 5.82 Å². The summed E-state index contributed by atoms with van der Waals surface area (Å²) in [6, 6.07) is 15.8. The fourth-order valence-electron chi connectivity index (χ4n) is 2.42. The summed E-state index contributed by atoms with van der Waals surface area (Å²) in [7, 11) is 0. The lowest BCUT2D eigenvalue weighted by atomic mass is 10.2. The van der Waals surface area contributed by atoms with E-state index in [1.807, 2.05) is 55.5 Å².